The smallest absolute Gasteiger partial charge is 0.191 e. The number of hydrogen-bond acceptors (Lipinski definition) is 6. The van der Waals surface area contributed by atoms with E-state index in [9.17, 15) is 0 Å². The number of halogens is 1. The Balaban J connectivity index is 0.00000450. The molecule has 0 saturated carbocycles. The highest BCUT2D eigenvalue weighted by atomic mass is 127. The molecule has 2 aromatic rings. The molecule has 0 radical (unpaired) electrons. The number of methoxy groups -OCH3 is 1. The predicted octanol–water partition coefficient (Wildman–Crippen LogP) is 1.65. The summed E-state index contributed by atoms with van der Waals surface area (Å²) in [5.41, 5.74) is 1.09. The van der Waals surface area contributed by atoms with Crippen LogP contribution in [0.3, 0.4) is 0 Å². The number of guanidine groups is 1. The normalized spacial score (nSPS) is 11.3. The summed E-state index contributed by atoms with van der Waals surface area (Å²) in [6, 6.07) is 8.05. The van der Waals surface area contributed by atoms with Crippen LogP contribution in [0.2, 0.25) is 0 Å². The molecule has 30 heavy (non-hydrogen) atoms. The number of nitrogens with zero attached hydrogens (tertiary/aromatic N) is 5. The van der Waals surface area contributed by atoms with Gasteiger partial charge < -0.3 is 25.0 Å². The van der Waals surface area contributed by atoms with Gasteiger partial charge in [-0.2, -0.15) is 5.10 Å². The third-order valence-corrected chi connectivity index (χ3v) is 4.30. The minimum absolute atomic E-state index is 0. The minimum atomic E-state index is 0. The summed E-state index contributed by atoms with van der Waals surface area (Å²) in [5, 5.41) is 10.6. The maximum atomic E-state index is 5.88. The van der Waals surface area contributed by atoms with E-state index in [-0.39, 0.29) is 24.0 Å². The van der Waals surface area contributed by atoms with E-state index in [0.717, 1.165) is 49.3 Å². The van der Waals surface area contributed by atoms with Crippen LogP contribution in [0.5, 0.6) is 5.75 Å². The van der Waals surface area contributed by atoms with Gasteiger partial charge in [0.1, 0.15) is 24.5 Å². The van der Waals surface area contributed by atoms with Crippen LogP contribution in [0.1, 0.15) is 18.3 Å². The number of aliphatic imine (C=N–C) groups is 1. The Kier molecular flexibility index (Phi) is 13.0. The Hall–Kier alpha value is -1.92. The first-order chi connectivity index (χ1) is 14.1. The largest absolute Gasteiger partial charge is 0.492 e. The van der Waals surface area contributed by atoms with Crippen molar-refractivity contribution in [3.63, 3.8) is 0 Å². The van der Waals surface area contributed by atoms with Gasteiger partial charge in [0.25, 0.3) is 0 Å². The van der Waals surface area contributed by atoms with Gasteiger partial charge in [-0.1, -0.05) is 12.1 Å². The highest BCUT2D eigenvalue weighted by molar-refractivity contribution is 14.0. The SMILES string of the molecule is CCNC(=NCc1cccc(OCCN(C)CCOC)c1)NCc1ncnn1C.I. The van der Waals surface area contributed by atoms with Gasteiger partial charge >= 0.3 is 0 Å². The molecule has 0 fully saturated rings. The van der Waals surface area contributed by atoms with Crippen molar-refractivity contribution in [1.29, 1.82) is 0 Å². The lowest BCUT2D eigenvalue weighted by Gasteiger charge is -2.16. The van der Waals surface area contributed by atoms with Crippen LogP contribution in [0.15, 0.2) is 35.6 Å². The van der Waals surface area contributed by atoms with Crippen molar-refractivity contribution < 1.29 is 9.47 Å². The van der Waals surface area contributed by atoms with Gasteiger partial charge in [-0.3, -0.25) is 4.68 Å². The van der Waals surface area contributed by atoms with Crippen molar-refractivity contribution in [2.75, 3.05) is 47.0 Å². The van der Waals surface area contributed by atoms with E-state index < -0.39 is 0 Å². The van der Waals surface area contributed by atoms with Crippen LogP contribution in [-0.4, -0.2) is 72.6 Å². The topological polar surface area (TPSA) is 88.8 Å². The summed E-state index contributed by atoms with van der Waals surface area (Å²) in [4.78, 5) is 11.1. The van der Waals surface area contributed by atoms with Gasteiger partial charge in [-0.15, -0.1) is 24.0 Å². The molecule has 1 heterocycles. The van der Waals surface area contributed by atoms with Crippen LogP contribution < -0.4 is 15.4 Å². The fourth-order valence-corrected chi connectivity index (χ4v) is 2.57. The molecule has 0 aliphatic heterocycles. The molecule has 168 valence electrons. The molecule has 0 spiro atoms. The van der Waals surface area contributed by atoms with Gasteiger partial charge in [0, 0.05) is 33.8 Å². The summed E-state index contributed by atoms with van der Waals surface area (Å²) >= 11 is 0. The molecule has 0 saturated heterocycles. The van der Waals surface area contributed by atoms with E-state index >= 15 is 0 Å². The Morgan fingerprint density at radius 3 is 2.73 bits per heavy atom. The Morgan fingerprint density at radius 2 is 2.03 bits per heavy atom. The highest BCUT2D eigenvalue weighted by Crippen LogP contribution is 2.14. The third kappa shape index (κ3) is 9.72. The molecule has 0 bridgehead atoms. The maximum absolute atomic E-state index is 5.88. The van der Waals surface area contributed by atoms with Crippen molar-refractivity contribution in [2.45, 2.75) is 20.0 Å². The molecular formula is C20H34IN7O2. The molecule has 0 amide bonds. The average Bonchev–Trinajstić information content (AvgIpc) is 3.13. The highest BCUT2D eigenvalue weighted by Gasteiger charge is 2.04. The monoisotopic (exact) mass is 531 g/mol. The third-order valence-electron chi connectivity index (χ3n) is 4.30. The first kappa shape index (κ1) is 26.1. The zero-order chi connectivity index (χ0) is 20.9. The lowest BCUT2D eigenvalue weighted by molar-refractivity contribution is 0.150. The summed E-state index contributed by atoms with van der Waals surface area (Å²) in [5.74, 6) is 2.44. The number of benzene rings is 1. The molecule has 0 aliphatic rings. The Labute approximate surface area is 196 Å². The number of aromatic nitrogens is 3. The number of nitrogens with one attached hydrogen (secondary N) is 2. The number of rotatable bonds is 12. The van der Waals surface area contributed by atoms with Crippen LogP contribution in [0.4, 0.5) is 0 Å². The summed E-state index contributed by atoms with van der Waals surface area (Å²) < 4.78 is 12.7. The summed E-state index contributed by atoms with van der Waals surface area (Å²) in [7, 11) is 5.64. The quantitative estimate of drug-likeness (QED) is 0.245. The number of ether oxygens (including phenoxy) is 2. The van der Waals surface area contributed by atoms with Gasteiger partial charge in [0.05, 0.1) is 19.7 Å². The van der Waals surface area contributed by atoms with Gasteiger partial charge in [0.15, 0.2) is 5.96 Å². The molecule has 9 nitrogen and oxygen atoms in total. The first-order valence-electron chi connectivity index (χ1n) is 9.86. The van der Waals surface area contributed by atoms with E-state index in [2.05, 4.69) is 37.7 Å². The van der Waals surface area contributed by atoms with Crippen molar-refractivity contribution in [3.8, 4) is 5.75 Å². The lowest BCUT2D eigenvalue weighted by Crippen LogP contribution is -2.37. The summed E-state index contributed by atoms with van der Waals surface area (Å²) in [6.07, 6.45) is 1.54. The van der Waals surface area contributed by atoms with Crippen molar-refractivity contribution in [2.24, 2.45) is 12.0 Å². The minimum Gasteiger partial charge on any atom is -0.492 e. The van der Waals surface area contributed by atoms with Crippen LogP contribution in [-0.2, 0) is 24.9 Å². The maximum Gasteiger partial charge on any atom is 0.191 e. The van der Waals surface area contributed by atoms with E-state index in [4.69, 9.17) is 9.47 Å². The second kappa shape index (κ2) is 15.0. The van der Waals surface area contributed by atoms with E-state index in [1.54, 1.807) is 18.1 Å². The average molecular weight is 531 g/mol. The van der Waals surface area contributed by atoms with Gasteiger partial charge in [-0.05, 0) is 31.7 Å². The van der Waals surface area contributed by atoms with E-state index in [1.165, 1.54) is 0 Å². The van der Waals surface area contributed by atoms with Gasteiger partial charge in [-0.25, -0.2) is 9.98 Å². The zero-order valence-corrected chi connectivity index (χ0v) is 20.6. The van der Waals surface area contributed by atoms with Crippen molar-refractivity contribution >= 4 is 29.9 Å². The molecule has 0 unspecified atom stereocenters. The Morgan fingerprint density at radius 1 is 1.23 bits per heavy atom. The molecule has 1 aromatic heterocycles. The Bertz CT molecular complexity index is 754. The zero-order valence-electron chi connectivity index (χ0n) is 18.3. The lowest BCUT2D eigenvalue weighted by atomic mass is 10.2. The van der Waals surface area contributed by atoms with Crippen molar-refractivity contribution in [3.05, 3.63) is 42.0 Å². The molecule has 10 heteroatoms. The molecule has 0 atom stereocenters. The standard InChI is InChI=1S/C20H33N7O2.HI/c1-5-21-20(23-15-19-24-16-25-27(19)3)22-14-17-7-6-8-18(13-17)29-12-10-26(2)9-11-28-4;/h6-8,13,16H,5,9-12,14-15H2,1-4H3,(H2,21,22,23);1H. The number of aryl methyl sites for hydroxylation is 1. The van der Waals surface area contributed by atoms with E-state index in [1.807, 2.05) is 38.2 Å². The summed E-state index contributed by atoms with van der Waals surface area (Å²) in [6.45, 7) is 7.03. The second-order valence-corrected chi connectivity index (χ2v) is 6.64. The fourth-order valence-electron chi connectivity index (χ4n) is 2.57. The molecule has 0 aliphatic carbocycles. The van der Waals surface area contributed by atoms with E-state index in [0.29, 0.717) is 19.7 Å². The van der Waals surface area contributed by atoms with Crippen LogP contribution in [0, 0.1) is 0 Å². The second-order valence-electron chi connectivity index (χ2n) is 6.64. The van der Waals surface area contributed by atoms with Crippen LogP contribution in [0.25, 0.3) is 0 Å². The molecule has 1 aromatic carbocycles. The molecule has 2 N–H and O–H groups in total. The van der Waals surface area contributed by atoms with Gasteiger partial charge in [0.2, 0.25) is 0 Å². The first-order valence-corrected chi connectivity index (χ1v) is 9.86. The molecule has 2 rings (SSSR count). The predicted molar refractivity (Wildman–Crippen MR) is 129 cm³/mol. The number of hydrogen-bond donors (Lipinski definition) is 2. The number of likely N-dealkylation sites (N-methyl/N-ethyl adjacent to an activating group) is 1. The fraction of sp³-hybridized carbons (Fsp3) is 0.550. The van der Waals surface area contributed by atoms with Crippen molar-refractivity contribution in [1.82, 2.24) is 30.3 Å². The van der Waals surface area contributed by atoms with Crippen LogP contribution >= 0.6 is 24.0 Å². The molecular weight excluding hydrogens is 497 g/mol.